The largest absolute Gasteiger partial charge is 0.312 e. The van der Waals surface area contributed by atoms with E-state index >= 15 is 0 Å². The molecule has 36 heavy (non-hydrogen) atoms. The van der Waals surface area contributed by atoms with Crippen LogP contribution in [0.15, 0.2) is 23.3 Å². The van der Waals surface area contributed by atoms with Crippen LogP contribution in [-0.2, 0) is 4.79 Å². The zero-order valence-corrected chi connectivity index (χ0v) is 24.3. The van der Waals surface area contributed by atoms with Crippen LogP contribution < -0.4 is 10.6 Å². The Bertz CT molecular complexity index is 676. The van der Waals surface area contributed by atoms with Gasteiger partial charge in [-0.05, 0) is 95.8 Å². The molecule has 0 aliphatic heterocycles. The highest BCUT2D eigenvalue weighted by Crippen LogP contribution is 2.53. The van der Waals surface area contributed by atoms with E-state index in [1.807, 2.05) is 0 Å². The van der Waals surface area contributed by atoms with Crippen LogP contribution in [0.25, 0.3) is 0 Å². The molecule has 0 spiro atoms. The van der Waals surface area contributed by atoms with Crippen molar-refractivity contribution in [2.24, 2.45) is 23.7 Å². The summed E-state index contributed by atoms with van der Waals surface area (Å²) < 4.78 is 0. The third-order valence-corrected chi connectivity index (χ3v) is 9.26. The van der Waals surface area contributed by atoms with Gasteiger partial charge in [0.1, 0.15) is 0 Å². The summed E-state index contributed by atoms with van der Waals surface area (Å²) in [4.78, 5) is 13.2. The van der Waals surface area contributed by atoms with E-state index in [0.29, 0.717) is 12.2 Å². The molecule has 2 N–H and O–H groups in total. The molecule has 206 valence electrons. The predicted octanol–water partition coefficient (Wildman–Crippen LogP) is 8.15. The Morgan fingerprint density at radius 3 is 2.03 bits per heavy atom. The number of unbranched alkanes of at least 4 members (excludes halogenated alkanes) is 7. The van der Waals surface area contributed by atoms with E-state index in [2.05, 4.69) is 50.5 Å². The van der Waals surface area contributed by atoms with Gasteiger partial charge in [0, 0.05) is 25.6 Å². The zero-order chi connectivity index (χ0) is 25.8. The summed E-state index contributed by atoms with van der Waals surface area (Å²) >= 11 is 0. The standard InChI is InChI=1S/C33H58N2O/c1-5-6-7-8-9-10-11-12-16-32(36)31(19-26(4)15-13-14-25(2)3)34-17-18-35-33-29-21-27-20-28(23-29)24-30(33)22-27/h14,19,27-31,33-35H,5-13,15-18,20-24H2,1-4H3/b26-19+. The van der Waals surface area contributed by atoms with E-state index in [9.17, 15) is 4.79 Å². The number of hydrogen-bond donors (Lipinski definition) is 2. The third kappa shape index (κ3) is 10.1. The lowest BCUT2D eigenvalue weighted by Crippen LogP contribution is -2.55. The second-order valence-electron chi connectivity index (χ2n) is 12.9. The molecule has 0 radical (unpaired) electrons. The van der Waals surface area contributed by atoms with Gasteiger partial charge in [-0.2, -0.15) is 0 Å². The van der Waals surface area contributed by atoms with Gasteiger partial charge in [0.15, 0.2) is 5.78 Å². The maximum Gasteiger partial charge on any atom is 0.153 e. The topological polar surface area (TPSA) is 41.1 Å². The third-order valence-electron chi connectivity index (χ3n) is 9.26. The van der Waals surface area contributed by atoms with Crippen molar-refractivity contribution < 1.29 is 4.79 Å². The number of carbonyl (C=O) groups is 1. The summed E-state index contributed by atoms with van der Waals surface area (Å²) in [7, 11) is 0. The fraction of sp³-hybridized carbons (Fsp3) is 0.848. The van der Waals surface area contributed by atoms with Gasteiger partial charge in [-0.15, -0.1) is 0 Å². The Morgan fingerprint density at radius 1 is 0.806 bits per heavy atom. The lowest BCUT2D eigenvalue weighted by atomic mass is 9.54. The van der Waals surface area contributed by atoms with E-state index in [-0.39, 0.29) is 6.04 Å². The second-order valence-corrected chi connectivity index (χ2v) is 12.9. The fourth-order valence-corrected chi connectivity index (χ4v) is 7.54. The van der Waals surface area contributed by atoms with Crippen molar-refractivity contribution in [1.29, 1.82) is 0 Å². The minimum atomic E-state index is -0.124. The molecule has 3 nitrogen and oxygen atoms in total. The number of nitrogens with one attached hydrogen (secondary N) is 2. The Labute approximate surface area is 223 Å². The molecule has 0 heterocycles. The number of allylic oxidation sites excluding steroid dienone is 3. The van der Waals surface area contributed by atoms with Crippen LogP contribution in [0, 0.1) is 23.7 Å². The summed E-state index contributed by atoms with van der Waals surface area (Å²) in [5, 5.41) is 7.58. The van der Waals surface area contributed by atoms with Crippen LogP contribution in [-0.4, -0.2) is 31.0 Å². The van der Waals surface area contributed by atoms with E-state index < -0.39 is 0 Å². The van der Waals surface area contributed by atoms with Crippen molar-refractivity contribution in [2.45, 2.75) is 143 Å². The zero-order valence-electron chi connectivity index (χ0n) is 24.3. The molecule has 0 aromatic carbocycles. The van der Waals surface area contributed by atoms with Gasteiger partial charge in [0.2, 0.25) is 0 Å². The number of Topliss-reactive ketones (excluding diaryl/α,β-unsaturated/α-hetero) is 1. The van der Waals surface area contributed by atoms with Crippen molar-refractivity contribution in [3.8, 4) is 0 Å². The van der Waals surface area contributed by atoms with Crippen LogP contribution in [0.5, 0.6) is 0 Å². The molecule has 3 heteroatoms. The highest BCUT2D eigenvalue weighted by molar-refractivity contribution is 5.86. The molecular weight excluding hydrogens is 440 g/mol. The number of ketones is 1. The number of carbonyl (C=O) groups excluding carboxylic acids is 1. The van der Waals surface area contributed by atoms with E-state index in [1.165, 1.54) is 88.2 Å². The molecule has 4 aliphatic rings. The van der Waals surface area contributed by atoms with E-state index in [4.69, 9.17) is 0 Å². The van der Waals surface area contributed by atoms with Crippen molar-refractivity contribution in [3.05, 3.63) is 23.3 Å². The summed E-state index contributed by atoms with van der Waals surface area (Å²) in [6.45, 7) is 10.7. The van der Waals surface area contributed by atoms with Crippen molar-refractivity contribution in [3.63, 3.8) is 0 Å². The quantitative estimate of drug-likeness (QED) is 0.139. The van der Waals surface area contributed by atoms with Gasteiger partial charge in [-0.25, -0.2) is 0 Å². The number of hydrogen-bond acceptors (Lipinski definition) is 3. The first-order valence-electron chi connectivity index (χ1n) is 15.8. The van der Waals surface area contributed by atoms with Gasteiger partial charge >= 0.3 is 0 Å². The summed E-state index contributed by atoms with van der Waals surface area (Å²) in [5.74, 6) is 4.27. The minimum Gasteiger partial charge on any atom is -0.312 e. The highest BCUT2D eigenvalue weighted by Gasteiger charge is 2.47. The SMILES string of the molecule is CCCCCCCCCCC(=O)C(/C=C(\C)CCC=C(C)C)NCCNC1C2CC3CC(C2)CC1C3. The molecular formula is C33H58N2O. The molecule has 1 unspecified atom stereocenters. The Hall–Kier alpha value is -0.930. The van der Waals surface area contributed by atoms with E-state index in [0.717, 1.165) is 62.1 Å². The molecule has 0 aromatic heterocycles. The highest BCUT2D eigenvalue weighted by atomic mass is 16.1. The van der Waals surface area contributed by atoms with Crippen molar-refractivity contribution in [2.75, 3.05) is 13.1 Å². The van der Waals surface area contributed by atoms with Crippen LogP contribution in [0.1, 0.15) is 130 Å². The normalized spacial score (nSPS) is 27.9. The van der Waals surface area contributed by atoms with Gasteiger partial charge in [0.05, 0.1) is 6.04 Å². The maximum absolute atomic E-state index is 13.2. The monoisotopic (exact) mass is 498 g/mol. The number of rotatable bonds is 19. The first-order chi connectivity index (χ1) is 17.5. The summed E-state index contributed by atoms with van der Waals surface area (Å²) in [5.41, 5.74) is 2.71. The average Bonchev–Trinajstić information content (AvgIpc) is 2.83. The van der Waals surface area contributed by atoms with Gasteiger partial charge in [-0.1, -0.05) is 75.2 Å². The lowest BCUT2D eigenvalue weighted by molar-refractivity contribution is -0.120. The van der Waals surface area contributed by atoms with E-state index in [1.54, 1.807) is 0 Å². The van der Waals surface area contributed by atoms with Crippen LogP contribution in [0.4, 0.5) is 0 Å². The van der Waals surface area contributed by atoms with Gasteiger partial charge in [0.25, 0.3) is 0 Å². The maximum atomic E-state index is 13.2. The van der Waals surface area contributed by atoms with Crippen molar-refractivity contribution in [1.82, 2.24) is 10.6 Å². The Kier molecular flexibility index (Phi) is 13.3. The van der Waals surface area contributed by atoms with Crippen molar-refractivity contribution >= 4 is 5.78 Å². The van der Waals surface area contributed by atoms with Crippen LogP contribution >= 0.6 is 0 Å². The molecule has 0 aromatic rings. The molecule has 4 saturated carbocycles. The van der Waals surface area contributed by atoms with Gasteiger partial charge < -0.3 is 10.6 Å². The summed E-state index contributed by atoms with van der Waals surface area (Å²) in [6.07, 6.45) is 25.0. The smallest absolute Gasteiger partial charge is 0.153 e. The molecule has 4 bridgehead atoms. The van der Waals surface area contributed by atoms with Gasteiger partial charge in [-0.3, -0.25) is 4.79 Å². The molecule has 4 fully saturated rings. The first-order valence-corrected chi connectivity index (χ1v) is 15.8. The molecule has 0 saturated heterocycles. The Balaban J connectivity index is 1.41. The summed E-state index contributed by atoms with van der Waals surface area (Å²) in [6, 6.07) is 0.606. The Morgan fingerprint density at radius 2 is 1.42 bits per heavy atom. The average molecular weight is 499 g/mol. The van der Waals surface area contributed by atoms with Crippen LogP contribution in [0.2, 0.25) is 0 Å². The molecule has 1 atom stereocenters. The molecule has 4 rings (SSSR count). The fourth-order valence-electron chi connectivity index (χ4n) is 7.54. The lowest BCUT2D eigenvalue weighted by Gasteiger charge is -2.54. The first kappa shape index (κ1) is 29.6. The predicted molar refractivity (Wildman–Crippen MR) is 155 cm³/mol. The second kappa shape index (κ2) is 16.1. The molecule has 0 amide bonds. The minimum absolute atomic E-state index is 0.124. The van der Waals surface area contributed by atoms with Crippen LogP contribution in [0.3, 0.4) is 0 Å². The molecule has 4 aliphatic carbocycles.